The molecule has 2 N–H and O–H groups in total. The molecule has 5 nitrogen and oxygen atoms in total. The van der Waals surface area contributed by atoms with Crippen LogP contribution in [0.5, 0.6) is 0 Å². The molecule has 0 radical (unpaired) electrons. The van der Waals surface area contributed by atoms with Gasteiger partial charge < -0.3 is 10.4 Å². The minimum absolute atomic E-state index is 0.0197. The lowest BCUT2D eigenvalue weighted by Gasteiger charge is -2.17. The van der Waals surface area contributed by atoms with E-state index in [9.17, 15) is 0 Å². The summed E-state index contributed by atoms with van der Waals surface area (Å²) in [6.07, 6.45) is 3.93. The number of aliphatic hydroxyl groups is 1. The van der Waals surface area contributed by atoms with Crippen LogP contribution in [0.1, 0.15) is 46.2 Å². The monoisotopic (exact) mass is 254 g/mol. The van der Waals surface area contributed by atoms with E-state index in [0.29, 0.717) is 5.92 Å². The number of nitrogens with zero attached hydrogens (tertiary/aromatic N) is 3. The van der Waals surface area contributed by atoms with Gasteiger partial charge >= 0.3 is 0 Å². The Morgan fingerprint density at radius 1 is 1.44 bits per heavy atom. The van der Waals surface area contributed by atoms with Crippen molar-refractivity contribution in [3.8, 4) is 0 Å². The predicted molar refractivity (Wildman–Crippen MR) is 72.2 cm³/mol. The van der Waals surface area contributed by atoms with E-state index in [1.807, 2.05) is 10.9 Å². The quantitative estimate of drug-likeness (QED) is 0.774. The molecule has 1 aromatic rings. The van der Waals surface area contributed by atoms with Crippen molar-refractivity contribution in [2.24, 2.45) is 5.92 Å². The molecule has 0 fully saturated rings. The second kappa shape index (κ2) is 6.85. The summed E-state index contributed by atoms with van der Waals surface area (Å²) in [5, 5.41) is 20.6. The maximum Gasteiger partial charge on any atom is 0.0965 e. The van der Waals surface area contributed by atoms with Gasteiger partial charge in [-0.05, 0) is 39.7 Å². The smallest absolute Gasteiger partial charge is 0.0965 e. The fourth-order valence-corrected chi connectivity index (χ4v) is 1.74. The van der Waals surface area contributed by atoms with Gasteiger partial charge in [-0.2, -0.15) is 0 Å². The second-order valence-corrected chi connectivity index (χ2v) is 5.74. The molecule has 0 saturated carbocycles. The molecule has 18 heavy (non-hydrogen) atoms. The fourth-order valence-electron chi connectivity index (χ4n) is 1.74. The van der Waals surface area contributed by atoms with Crippen molar-refractivity contribution in [2.75, 3.05) is 13.2 Å². The highest BCUT2D eigenvalue weighted by Gasteiger charge is 2.15. The third-order valence-corrected chi connectivity index (χ3v) is 3.08. The third kappa shape index (κ3) is 4.74. The largest absolute Gasteiger partial charge is 0.396 e. The Bertz CT molecular complexity index is 343. The molecule has 1 atom stereocenters. The summed E-state index contributed by atoms with van der Waals surface area (Å²) >= 11 is 0. The van der Waals surface area contributed by atoms with Gasteiger partial charge in [0.25, 0.3) is 0 Å². The molecule has 1 unspecified atom stereocenters. The number of aromatic nitrogens is 3. The van der Waals surface area contributed by atoms with Gasteiger partial charge in [0.1, 0.15) is 0 Å². The van der Waals surface area contributed by atoms with Crippen LogP contribution in [-0.4, -0.2) is 33.3 Å². The van der Waals surface area contributed by atoms with Crippen LogP contribution in [0, 0.1) is 5.92 Å². The molecular weight excluding hydrogens is 228 g/mol. The molecule has 0 bridgehead atoms. The van der Waals surface area contributed by atoms with Crippen LogP contribution in [0.3, 0.4) is 0 Å². The van der Waals surface area contributed by atoms with Crippen molar-refractivity contribution in [1.29, 1.82) is 0 Å². The van der Waals surface area contributed by atoms with E-state index in [4.69, 9.17) is 5.11 Å². The van der Waals surface area contributed by atoms with Crippen LogP contribution < -0.4 is 5.32 Å². The summed E-state index contributed by atoms with van der Waals surface area (Å²) in [6, 6.07) is 0. The van der Waals surface area contributed by atoms with Crippen molar-refractivity contribution in [1.82, 2.24) is 20.3 Å². The lowest BCUT2D eigenvalue weighted by atomic mass is 10.0. The maximum absolute atomic E-state index is 8.92. The number of rotatable bonds is 7. The van der Waals surface area contributed by atoms with Gasteiger partial charge in [-0.1, -0.05) is 18.6 Å². The normalized spacial score (nSPS) is 13.8. The first kappa shape index (κ1) is 15.1. The van der Waals surface area contributed by atoms with Crippen LogP contribution >= 0.6 is 0 Å². The summed E-state index contributed by atoms with van der Waals surface area (Å²) in [5.74, 6) is 0.535. The Morgan fingerprint density at radius 3 is 2.67 bits per heavy atom. The molecule has 1 rings (SSSR count). The van der Waals surface area contributed by atoms with E-state index < -0.39 is 0 Å². The van der Waals surface area contributed by atoms with Gasteiger partial charge in [-0.25, -0.2) is 4.68 Å². The second-order valence-electron chi connectivity index (χ2n) is 5.74. The Labute approximate surface area is 110 Å². The molecule has 0 amide bonds. The lowest BCUT2D eigenvalue weighted by Crippen LogP contribution is -2.23. The zero-order chi connectivity index (χ0) is 13.6. The topological polar surface area (TPSA) is 63.0 Å². The number of nitrogens with one attached hydrogen (secondary N) is 1. The van der Waals surface area contributed by atoms with Crippen LogP contribution in [0.2, 0.25) is 0 Å². The summed E-state index contributed by atoms with van der Waals surface area (Å²) in [5.41, 5.74) is 0.942. The van der Waals surface area contributed by atoms with E-state index in [2.05, 4.69) is 43.3 Å². The third-order valence-electron chi connectivity index (χ3n) is 3.08. The van der Waals surface area contributed by atoms with Crippen molar-refractivity contribution in [3.63, 3.8) is 0 Å². The minimum Gasteiger partial charge on any atom is -0.396 e. The van der Waals surface area contributed by atoms with Crippen LogP contribution in [0.25, 0.3) is 0 Å². The first-order valence-electron chi connectivity index (χ1n) is 6.70. The van der Waals surface area contributed by atoms with Crippen LogP contribution in [0.4, 0.5) is 0 Å². The zero-order valence-corrected chi connectivity index (χ0v) is 12.0. The van der Waals surface area contributed by atoms with E-state index in [-0.39, 0.29) is 12.1 Å². The van der Waals surface area contributed by atoms with Crippen molar-refractivity contribution >= 4 is 0 Å². The Balaban J connectivity index is 2.37. The summed E-state index contributed by atoms with van der Waals surface area (Å²) < 4.78 is 1.88. The highest BCUT2D eigenvalue weighted by atomic mass is 16.3. The number of hydrogen-bond donors (Lipinski definition) is 2. The summed E-state index contributed by atoms with van der Waals surface area (Å²) in [6.45, 7) is 10.4. The van der Waals surface area contributed by atoms with E-state index in [1.165, 1.54) is 0 Å². The van der Waals surface area contributed by atoms with Crippen molar-refractivity contribution in [2.45, 2.75) is 52.6 Å². The first-order valence-corrected chi connectivity index (χ1v) is 6.70. The molecule has 0 aliphatic heterocycles. The van der Waals surface area contributed by atoms with Gasteiger partial charge in [0.2, 0.25) is 0 Å². The Hall–Kier alpha value is -0.940. The highest BCUT2D eigenvalue weighted by molar-refractivity contribution is 4.94. The van der Waals surface area contributed by atoms with Crippen LogP contribution in [-0.2, 0) is 12.1 Å². The lowest BCUT2D eigenvalue weighted by molar-refractivity contribution is 0.251. The van der Waals surface area contributed by atoms with Gasteiger partial charge in [-0.3, -0.25) is 0 Å². The Morgan fingerprint density at radius 2 is 2.17 bits per heavy atom. The van der Waals surface area contributed by atoms with Gasteiger partial charge in [0.05, 0.1) is 17.4 Å². The maximum atomic E-state index is 8.92. The molecule has 0 aliphatic rings. The summed E-state index contributed by atoms with van der Waals surface area (Å²) in [7, 11) is 0. The molecule has 0 spiro atoms. The molecular formula is C13H26N4O. The van der Waals surface area contributed by atoms with Crippen molar-refractivity contribution in [3.05, 3.63) is 11.9 Å². The van der Waals surface area contributed by atoms with Crippen molar-refractivity contribution < 1.29 is 5.11 Å². The molecule has 5 heteroatoms. The molecule has 1 heterocycles. The number of aliphatic hydroxyl groups excluding tert-OH is 1. The SMILES string of the molecule is CCC(CCO)CNCc1cn(C(C)(C)C)nn1. The molecule has 0 aliphatic carbocycles. The van der Waals surface area contributed by atoms with Gasteiger partial charge in [0.15, 0.2) is 0 Å². The minimum atomic E-state index is -0.0197. The van der Waals surface area contributed by atoms with E-state index >= 15 is 0 Å². The van der Waals surface area contributed by atoms with Gasteiger partial charge in [0, 0.05) is 13.2 Å². The predicted octanol–water partition coefficient (Wildman–Crippen LogP) is 1.53. The van der Waals surface area contributed by atoms with Crippen LogP contribution in [0.15, 0.2) is 6.20 Å². The average molecular weight is 254 g/mol. The molecule has 0 aromatic carbocycles. The molecule has 0 saturated heterocycles. The van der Waals surface area contributed by atoms with E-state index in [1.54, 1.807) is 0 Å². The highest BCUT2D eigenvalue weighted by Crippen LogP contribution is 2.11. The summed E-state index contributed by atoms with van der Waals surface area (Å²) in [4.78, 5) is 0. The van der Waals surface area contributed by atoms with Gasteiger partial charge in [-0.15, -0.1) is 5.10 Å². The molecule has 1 aromatic heterocycles. The zero-order valence-electron chi connectivity index (χ0n) is 12.0. The van der Waals surface area contributed by atoms with E-state index in [0.717, 1.165) is 31.6 Å². The fraction of sp³-hybridized carbons (Fsp3) is 0.846. The number of hydrogen-bond acceptors (Lipinski definition) is 4. The Kier molecular flexibility index (Phi) is 5.75. The average Bonchev–Trinajstić information content (AvgIpc) is 2.76. The standard InChI is InChI=1S/C13H26N4O/c1-5-11(6-7-18)8-14-9-12-10-17(16-15-12)13(2,3)4/h10-11,14,18H,5-9H2,1-4H3. The molecule has 104 valence electrons. The first-order chi connectivity index (χ1) is 8.47.